The molecule has 1 heterocycles. The van der Waals surface area contributed by atoms with Gasteiger partial charge in [0, 0.05) is 19.1 Å². The first-order chi connectivity index (χ1) is 10.0. The molecular weight excluding hydrogens is 286 g/mol. The first kappa shape index (κ1) is 17.8. The molecule has 1 aromatic heterocycles. The number of carbonyl (C=O) groups excluding carboxylic acids is 1. The summed E-state index contributed by atoms with van der Waals surface area (Å²) in [5.74, 6) is -0.130. The molecule has 0 atom stereocenters. The maximum atomic E-state index is 11.9. The molecule has 1 aromatic rings. The Kier molecular flexibility index (Phi) is 8.22. The highest BCUT2D eigenvalue weighted by Crippen LogP contribution is 2.14. The van der Waals surface area contributed by atoms with Crippen LogP contribution in [0.15, 0.2) is 0 Å². The topological polar surface area (TPSA) is 70.1 Å². The second-order valence-electron chi connectivity index (χ2n) is 5.38. The van der Waals surface area contributed by atoms with Crippen molar-refractivity contribution in [1.82, 2.24) is 20.4 Å². The van der Waals surface area contributed by atoms with Crippen LogP contribution in [0, 0.1) is 0 Å². The van der Waals surface area contributed by atoms with Crippen molar-refractivity contribution in [2.24, 2.45) is 0 Å². The molecule has 7 heteroatoms. The quantitative estimate of drug-likeness (QED) is 0.648. The van der Waals surface area contributed by atoms with Crippen LogP contribution >= 0.6 is 11.3 Å². The maximum absolute atomic E-state index is 11.9. The molecule has 21 heavy (non-hydrogen) atoms. The largest absolute Gasteiger partial charge is 0.360 e. The molecule has 6 nitrogen and oxygen atoms in total. The summed E-state index contributed by atoms with van der Waals surface area (Å²) in [5.41, 5.74) is 0. The smallest absolute Gasteiger partial charge is 0.282 e. The molecule has 0 unspecified atom stereocenters. The number of nitrogens with one attached hydrogen (secondary N) is 2. The van der Waals surface area contributed by atoms with Crippen LogP contribution in [-0.4, -0.2) is 53.7 Å². The van der Waals surface area contributed by atoms with Crippen LogP contribution in [0.1, 0.15) is 49.8 Å². The third-order valence-electron chi connectivity index (χ3n) is 3.25. The maximum Gasteiger partial charge on any atom is 0.282 e. The van der Waals surface area contributed by atoms with Crippen LogP contribution in [-0.2, 0) is 0 Å². The van der Waals surface area contributed by atoms with E-state index in [0.717, 1.165) is 32.4 Å². The summed E-state index contributed by atoms with van der Waals surface area (Å²) >= 11 is 1.30. The van der Waals surface area contributed by atoms with Crippen molar-refractivity contribution in [3.63, 3.8) is 0 Å². The predicted molar refractivity (Wildman–Crippen MR) is 88.0 cm³/mol. The molecule has 0 radical (unpaired) electrons. The third-order valence-corrected chi connectivity index (χ3v) is 4.13. The van der Waals surface area contributed by atoms with Crippen molar-refractivity contribution >= 4 is 22.4 Å². The van der Waals surface area contributed by atoms with Crippen molar-refractivity contribution in [3.05, 3.63) is 5.01 Å². The Bertz CT molecular complexity index is 421. The van der Waals surface area contributed by atoms with E-state index in [-0.39, 0.29) is 5.91 Å². The third kappa shape index (κ3) is 6.86. The van der Waals surface area contributed by atoms with Gasteiger partial charge in [-0.25, -0.2) is 0 Å². The zero-order valence-electron chi connectivity index (χ0n) is 13.5. The van der Waals surface area contributed by atoms with Gasteiger partial charge in [-0.3, -0.25) is 4.79 Å². The summed E-state index contributed by atoms with van der Waals surface area (Å²) in [6.07, 6.45) is 3.07. The van der Waals surface area contributed by atoms with Crippen molar-refractivity contribution in [1.29, 1.82) is 0 Å². The summed E-state index contributed by atoms with van der Waals surface area (Å²) in [6.45, 7) is 9.03. The van der Waals surface area contributed by atoms with Crippen molar-refractivity contribution in [2.75, 3.05) is 32.0 Å². The van der Waals surface area contributed by atoms with E-state index in [1.165, 1.54) is 11.3 Å². The first-order valence-electron chi connectivity index (χ1n) is 7.60. The number of hydrogen-bond donors (Lipinski definition) is 2. The highest BCUT2D eigenvalue weighted by molar-refractivity contribution is 7.17. The number of unbranched alkanes of at least 4 members (excludes halogenated alkanes) is 1. The summed E-state index contributed by atoms with van der Waals surface area (Å²) in [7, 11) is 2.12. The molecule has 120 valence electrons. The van der Waals surface area contributed by atoms with Gasteiger partial charge in [-0.15, -0.1) is 10.2 Å². The second-order valence-corrected chi connectivity index (χ2v) is 6.35. The Morgan fingerprint density at radius 1 is 1.29 bits per heavy atom. The van der Waals surface area contributed by atoms with Gasteiger partial charge >= 0.3 is 0 Å². The summed E-state index contributed by atoms with van der Waals surface area (Å²) in [4.78, 5) is 14.2. The Labute approximate surface area is 131 Å². The highest BCUT2D eigenvalue weighted by Gasteiger charge is 2.11. The number of nitrogens with zero attached hydrogens (tertiary/aromatic N) is 3. The average Bonchev–Trinajstić information content (AvgIpc) is 2.93. The van der Waals surface area contributed by atoms with Crippen LogP contribution in [0.25, 0.3) is 0 Å². The van der Waals surface area contributed by atoms with E-state index in [0.29, 0.717) is 22.7 Å². The standard InChI is InChI=1S/C14H27N5OS/c1-5-8-16-14-18-17-13(21-14)12(20)15-9-6-7-10-19(4)11(2)3/h11H,5-10H2,1-4H3,(H,15,20)(H,16,18). The lowest BCUT2D eigenvalue weighted by molar-refractivity contribution is 0.0951. The zero-order valence-corrected chi connectivity index (χ0v) is 14.3. The van der Waals surface area contributed by atoms with Crippen molar-refractivity contribution in [3.8, 4) is 0 Å². The zero-order chi connectivity index (χ0) is 15.7. The van der Waals surface area contributed by atoms with Gasteiger partial charge in [-0.2, -0.15) is 0 Å². The van der Waals surface area contributed by atoms with E-state index in [4.69, 9.17) is 0 Å². The number of aromatic nitrogens is 2. The molecule has 0 spiro atoms. The lowest BCUT2D eigenvalue weighted by Crippen LogP contribution is -2.29. The average molecular weight is 313 g/mol. The predicted octanol–water partition coefficient (Wildman–Crippen LogP) is 2.21. The minimum Gasteiger partial charge on any atom is -0.360 e. The van der Waals surface area contributed by atoms with Crippen LogP contribution in [0.2, 0.25) is 0 Å². The van der Waals surface area contributed by atoms with E-state index >= 15 is 0 Å². The molecule has 0 aromatic carbocycles. The molecule has 0 saturated carbocycles. The number of rotatable bonds is 10. The lowest BCUT2D eigenvalue weighted by Gasteiger charge is -2.20. The number of anilines is 1. The lowest BCUT2D eigenvalue weighted by atomic mass is 10.2. The van der Waals surface area contributed by atoms with Gasteiger partial charge in [0.1, 0.15) is 0 Å². The van der Waals surface area contributed by atoms with Crippen LogP contribution in [0.5, 0.6) is 0 Å². The molecule has 0 fully saturated rings. The van der Waals surface area contributed by atoms with Gasteiger partial charge in [0.25, 0.3) is 5.91 Å². The molecule has 0 bridgehead atoms. The molecule has 0 aliphatic heterocycles. The number of hydrogen-bond acceptors (Lipinski definition) is 6. The van der Waals surface area contributed by atoms with Gasteiger partial charge in [0.15, 0.2) is 0 Å². The fraction of sp³-hybridized carbons (Fsp3) is 0.786. The van der Waals surface area contributed by atoms with Gasteiger partial charge < -0.3 is 15.5 Å². The number of amides is 1. The van der Waals surface area contributed by atoms with E-state index in [1.54, 1.807) is 0 Å². The van der Waals surface area contributed by atoms with Gasteiger partial charge in [0.2, 0.25) is 10.1 Å². The highest BCUT2D eigenvalue weighted by atomic mass is 32.1. The molecule has 2 N–H and O–H groups in total. The van der Waals surface area contributed by atoms with Gasteiger partial charge in [-0.05, 0) is 46.7 Å². The summed E-state index contributed by atoms with van der Waals surface area (Å²) < 4.78 is 0. The minimum absolute atomic E-state index is 0.130. The van der Waals surface area contributed by atoms with Crippen LogP contribution in [0.4, 0.5) is 5.13 Å². The van der Waals surface area contributed by atoms with E-state index in [1.807, 2.05) is 0 Å². The molecule has 0 saturated heterocycles. The molecule has 0 aliphatic rings. The van der Waals surface area contributed by atoms with E-state index in [9.17, 15) is 4.79 Å². The first-order valence-corrected chi connectivity index (χ1v) is 8.42. The van der Waals surface area contributed by atoms with Gasteiger partial charge in [-0.1, -0.05) is 18.3 Å². The van der Waals surface area contributed by atoms with E-state index < -0.39 is 0 Å². The van der Waals surface area contributed by atoms with Crippen molar-refractivity contribution in [2.45, 2.75) is 46.1 Å². The molecule has 1 rings (SSSR count). The molecule has 1 amide bonds. The Morgan fingerprint density at radius 2 is 2.05 bits per heavy atom. The minimum atomic E-state index is -0.130. The fourth-order valence-electron chi connectivity index (χ4n) is 1.64. The number of carbonyl (C=O) groups is 1. The van der Waals surface area contributed by atoms with Crippen molar-refractivity contribution < 1.29 is 4.79 Å². The van der Waals surface area contributed by atoms with Crippen LogP contribution < -0.4 is 10.6 Å². The normalized spacial score (nSPS) is 11.1. The fourth-order valence-corrected chi connectivity index (χ4v) is 2.33. The summed E-state index contributed by atoms with van der Waals surface area (Å²) in [5, 5.41) is 15.0. The monoisotopic (exact) mass is 313 g/mol. The Balaban J connectivity index is 2.20. The van der Waals surface area contributed by atoms with Crippen LogP contribution in [0.3, 0.4) is 0 Å². The van der Waals surface area contributed by atoms with E-state index in [2.05, 4.69) is 53.5 Å². The molecule has 0 aliphatic carbocycles. The van der Waals surface area contributed by atoms with Gasteiger partial charge in [0.05, 0.1) is 0 Å². The molecular formula is C14H27N5OS. The Hall–Kier alpha value is -1.21. The second kappa shape index (κ2) is 9.68. The SMILES string of the molecule is CCCNc1nnc(C(=O)NCCCCN(C)C(C)C)s1. The Morgan fingerprint density at radius 3 is 2.71 bits per heavy atom. The summed E-state index contributed by atoms with van der Waals surface area (Å²) in [6, 6.07) is 0.565.